The lowest BCUT2D eigenvalue weighted by atomic mass is 9.99. The van der Waals surface area contributed by atoms with Crippen molar-refractivity contribution in [2.45, 2.75) is 18.8 Å². The molecule has 0 spiro atoms. The highest BCUT2D eigenvalue weighted by molar-refractivity contribution is 5.68. The van der Waals surface area contributed by atoms with Crippen molar-refractivity contribution in [3.05, 3.63) is 18.3 Å². The molecular formula is C10H13N5. The highest BCUT2D eigenvalue weighted by Crippen LogP contribution is 2.21. The molecule has 0 aliphatic carbocycles. The maximum absolute atomic E-state index is 4.49. The van der Waals surface area contributed by atoms with Gasteiger partial charge in [0.2, 0.25) is 0 Å². The first-order chi connectivity index (χ1) is 7.43. The fourth-order valence-electron chi connectivity index (χ4n) is 2.06. The Labute approximate surface area is 87.3 Å². The van der Waals surface area contributed by atoms with Crippen LogP contribution in [-0.4, -0.2) is 33.0 Å². The Morgan fingerprint density at radius 3 is 3.20 bits per heavy atom. The van der Waals surface area contributed by atoms with E-state index in [2.05, 4.69) is 25.3 Å². The lowest BCUT2D eigenvalue weighted by Crippen LogP contribution is -2.28. The Bertz CT molecular complexity index is 425. The van der Waals surface area contributed by atoms with Gasteiger partial charge in [0.15, 0.2) is 5.65 Å². The zero-order valence-electron chi connectivity index (χ0n) is 8.40. The quantitative estimate of drug-likeness (QED) is 0.720. The second-order valence-corrected chi connectivity index (χ2v) is 3.93. The van der Waals surface area contributed by atoms with E-state index in [4.69, 9.17) is 0 Å². The molecule has 0 saturated carbocycles. The third-order valence-electron chi connectivity index (χ3n) is 2.86. The summed E-state index contributed by atoms with van der Waals surface area (Å²) in [6.07, 6.45) is 5.72. The van der Waals surface area contributed by atoms with Gasteiger partial charge in [0.05, 0.1) is 6.20 Å². The van der Waals surface area contributed by atoms with Crippen LogP contribution in [0.4, 0.5) is 0 Å². The number of hydrogen-bond acceptors (Lipinski definition) is 4. The normalized spacial score (nSPS) is 22.0. The van der Waals surface area contributed by atoms with Gasteiger partial charge in [-0.05, 0) is 19.4 Å². The van der Waals surface area contributed by atoms with E-state index in [9.17, 15) is 0 Å². The molecular weight excluding hydrogens is 190 g/mol. The largest absolute Gasteiger partial charge is 0.339 e. The maximum Gasteiger partial charge on any atom is 0.180 e. The van der Waals surface area contributed by atoms with Crippen LogP contribution in [0.5, 0.6) is 0 Å². The summed E-state index contributed by atoms with van der Waals surface area (Å²) in [5.74, 6) is 1.53. The summed E-state index contributed by atoms with van der Waals surface area (Å²) >= 11 is 0. The molecule has 1 aliphatic heterocycles. The average molecular weight is 203 g/mol. The Balaban J connectivity index is 1.96. The van der Waals surface area contributed by atoms with Crippen molar-refractivity contribution in [1.82, 2.24) is 25.3 Å². The second kappa shape index (κ2) is 3.58. The number of rotatable bonds is 1. The number of aromatic amines is 1. The first-order valence-corrected chi connectivity index (χ1v) is 5.30. The molecule has 1 saturated heterocycles. The molecule has 5 nitrogen and oxygen atoms in total. The molecule has 3 rings (SSSR count). The van der Waals surface area contributed by atoms with Crippen molar-refractivity contribution < 1.29 is 0 Å². The van der Waals surface area contributed by atoms with Crippen molar-refractivity contribution in [3.8, 4) is 0 Å². The highest BCUT2D eigenvalue weighted by atomic mass is 15.0. The lowest BCUT2D eigenvalue weighted by molar-refractivity contribution is 0.449. The van der Waals surface area contributed by atoms with Crippen LogP contribution in [0.15, 0.2) is 12.5 Å². The molecule has 3 heterocycles. The summed E-state index contributed by atoms with van der Waals surface area (Å²) in [5.41, 5.74) is 1.70. The van der Waals surface area contributed by atoms with E-state index < -0.39 is 0 Å². The Hall–Kier alpha value is -1.49. The first kappa shape index (κ1) is 8.79. The first-order valence-electron chi connectivity index (χ1n) is 5.30. The van der Waals surface area contributed by atoms with Gasteiger partial charge in [-0.2, -0.15) is 0 Å². The molecule has 2 N–H and O–H groups in total. The van der Waals surface area contributed by atoms with Crippen LogP contribution < -0.4 is 5.32 Å². The fourth-order valence-corrected chi connectivity index (χ4v) is 2.06. The number of fused-ring (bicyclic) bond motifs is 1. The van der Waals surface area contributed by atoms with Crippen molar-refractivity contribution >= 4 is 11.2 Å². The number of aromatic nitrogens is 4. The van der Waals surface area contributed by atoms with Crippen LogP contribution in [-0.2, 0) is 0 Å². The summed E-state index contributed by atoms with van der Waals surface area (Å²) in [5, 5.41) is 3.38. The molecule has 0 amide bonds. The monoisotopic (exact) mass is 203 g/mol. The van der Waals surface area contributed by atoms with Crippen molar-refractivity contribution in [3.63, 3.8) is 0 Å². The molecule has 2 aromatic rings. The smallest absolute Gasteiger partial charge is 0.180 e. The van der Waals surface area contributed by atoms with Gasteiger partial charge in [-0.1, -0.05) is 0 Å². The summed E-state index contributed by atoms with van der Waals surface area (Å²) in [6, 6.07) is 0. The minimum Gasteiger partial charge on any atom is -0.339 e. The predicted octanol–water partition coefficient (Wildman–Crippen LogP) is 0.820. The van der Waals surface area contributed by atoms with Gasteiger partial charge in [-0.15, -0.1) is 0 Å². The third-order valence-corrected chi connectivity index (χ3v) is 2.86. The van der Waals surface area contributed by atoms with Gasteiger partial charge < -0.3 is 10.3 Å². The molecule has 0 bridgehead atoms. The number of nitrogens with zero attached hydrogens (tertiary/aromatic N) is 3. The Morgan fingerprint density at radius 2 is 2.40 bits per heavy atom. The fraction of sp³-hybridized carbons (Fsp3) is 0.500. The van der Waals surface area contributed by atoms with Crippen molar-refractivity contribution in [2.24, 2.45) is 0 Å². The Morgan fingerprint density at radius 1 is 1.40 bits per heavy atom. The van der Waals surface area contributed by atoms with E-state index in [0.29, 0.717) is 5.92 Å². The summed E-state index contributed by atoms with van der Waals surface area (Å²) in [4.78, 5) is 15.9. The van der Waals surface area contributed by atoms with Crippen LogP contribution in [0.2, 0.25) is 0 Å². The van der Waals surface area contributed by atoms with Crippen molar-refractivity contribution in [2.75, 3.05) is 13.1 Å². The van der Waals surface area contributed by atoms with Crippen LogP contribution in [0.3, 0.4) is 0 Å². The molecule has 78 valence electrons. The molecule has 15 heavy (non-hydrogen) atoms. The maximum atomic E-state index is 4.49. The minimum absolute atomic E-state index is 0.493. The van der Waals surface area contributed by atoms with E-state index in [1.165, 1.54) is 19.2 Å². The third kappa shape index (κ3) is 1.59. The molecule has 1 fully saturated rings. The van der Waals surface area contributed by atoms with Crippen LogP contribution in [0.1, 0.15) is 24.6 Å². The highest BCUT2D eigenvalue weighted by Gasteiger charge is 2.18. The molecule has 5 heteroatoms. The van der Waals surface area contributed by atoms with Gasteiger partial charge >= 0.3 is 0 Å². The van der Waals surface area contributed by atoms with Crippen LogP contribution in [0.25, 0.3) is 11.2 Å². The van der Waals surface area contributed by atoms with Gasteiger partial charge in [-0.25, -0.2) is 15.0 Å². The second-order valence-electron chi connectivity index (χ2n) is 3.93. The number of nitrogens with one attached hydrogen (secondary N) is 2. The van der Waals surface area contributed by atoms with Gasteiger partial charge in [0.25, 0.3) is 0 Å². The zero-order chi connectivity index (χ0) is 10.1. The van der Waals surface area contributed by atoms with E-state index in [0.717, 1.165) is 30.1 Å². The van der Waals surface area contributed by atoms with Crippen LogP contribution >= 0.6 is 0 Å². The van der Waals surface area contributed by atoms with Gasteiger partial charge in [0.1, 0.15) is 17.7 Å². The summed E-state index contributed by atoms with van der Waals surface area (Å²) in [7, 11) is 0. The van der Waals surface area contributed by atoms with Crippen LogP contribution in [0, 0.1) is 0 Å². The average Bonchev–Trinajstić information content (AvgIpc) is 2.74. The molecule has 1 aliphatic rings. The molecule has 0 aromatic carbocycles. The van der Waals surface area contributed by atoms with Crippen molar-refractivity contribution in [1.29, 1.82) is 0 Å². The molecule has 1 unspecified atom stereocenters. The number of H-pyrrole nitrogens is 1. The number of hydrogen-bond donors (Lipinski definition) is 2. The molecule has 0 radical (unpaired) electrons. The van der Waals surface area contributed by atoms with Gasteiger partial charge in [0, 0.05) is 12.5 Å². The van der Waals surface area contributed by atoms with Gasteiger partial charge in [-0.3, -0.25) is 0 Å². The van der Waals surface area contributed by atoms with E-state index in [-0.39, 0.29) is 0 Å². The zero-order valence-corrected chi connectivity index (χ0v) is 8.40. The lowest BCUT2D eigenvalue weighted by Gasteiger charge is -2.20. The topological polar surface area (TPSA) is 66.5 Å². The standard InChI is InChI=1S/C10H13N5/c1-2-7(4-11-3-1)9-14-8-5-12-6-13-10(8)15-9/h5-7,11H,1-4H2,(H,12,13,14,15). The van der Waals surface area contributed by atoms with E-state index >= 15 is 0 Å². The minimum atomic E-state index is 0.493. The molecule has 2 aromatic heterocycles. The molecule has 1 atom stereocenters. The van der Waals surface area contributed by atoms with E-state index in [1.54, 1.807) is 6.20 Å². The van der Waals surface area contributed by atoms with E-state index in [1.807, 2.05) is 0 Å². The summed E-state index contributed by atoms with van der Waals surface area (Å²) in [6.45, 7) is 2.13. The number of piperidine rings is 1. The Kier molecular flexibility index (Phi) is 2.10. The predicted molar refractivity (Wildman–Crippen MR) is 56.5 cm³/mol. The summed E-state index contributed by atoms with van der Waals surface area (Å²) < 4.78 is 0. The number of imidazole rings is 1. The SMILES string of the molecule is c1ncc2[nH]c(C3CCCNC3)nc2n1.